The molecule has 1 saturated heterocycles. The summed E-state index contributed by atoms with van der Waals surface area (Å²) in [5.74, 6) is -0.494. The molecule has 114 valence electrons. The van der Waals surface area contributed by atoms with Gasteiger partial charge in [-0.1, -0.05) is 12.1 Å². The maximum absolute atomic E-state index is 11.9. The van der Waals surface area contributed by atoms with Crippen molar-refractivity contribution in [3.05, 3.63) is 34.4 Å². The quantitative estimate of drug-likeness (QED) is 0.610. The Labute approximate surface area is 121 Å². The third-order valence-electron chi connectivity index (χ3n) is 3.11. The van der Waals surface area contributed by atoms with Gasteiger partial charge in [0.1, 0.15) is 5.69 Å². The number of carbonyl (C=O) groups excluding carboxylic acids is 1. The van der Waals surface area contributed by atoms with Crippen molar-refractivity contribution >= 4 is 27.1 Å². The van der Waals surface area contributed by atoms with E-state index in [9.17, 15) is 23.3 Å². The lowest BCUT2D eigenvalue weighted by atomic mass is 10.2. The lowest BCUT2D eigenvalue weighted by Crippen LogP contribution is -2.46. The molecule has 1 aliphatic heterocycles. The average Bonchev–Trinajstić information content (AvgIpc) is 2.37. The first kappa shape index (κ1) is 15.4. The Bertz CT molecular complexity index is 659. The molecule has 1 fully saturated rings. The minimum absolute atomic E-state index is 0.0503. The Morgan fingerprint density at radius 3 is 2.81 bits per heavy atom. The van der Waals surface area contributed by atoms with E-state index in [1.165, 1.54) is 18.2 Å². The van der Waals surface area contributed by atoms with Gasteiger partial charge < -0.3 is 10.6 Å². The zero-order chi connectivity index (χ0) is 15.5. The van der Waals surface area contributed by atoms with Crippen molar-refractivity contribution < 1.29 is 18.1 Å². The van der Waals surface area contributed by atoms with Crippen LogP contribution in [0.25, 0.3) is 0 Å². The highest BCUT2D eigenvalue weighted by Gasteiger charge is 2.26. The van der Waals surface area contributed by atoms with E-state index in [-0.39, 0.29) is 29.3 Å². The molecule has 1 atom stereocenters. The van der Waals surface area contributed by atoms with Gasteiger partial charge in [0.05, 0.1) is 16.4 Å². The van der Waals surface area contributed by atoms with Crippen LogP contribution in [0.4, 0.5) is 11.4 Å². The average molecular weight is 313 g/mol. The zero-order valence-electron chi connectivity index (χ0n) is 11.1. The Morgan fingerprint density at radius 2 is 2.14 bits per heavy atom. The SMILES string of the molecule is O=C(CC1CS(=O)(=O)CCN1)Nc1ccccc1[N+](=O)[O-]. The smallest absolute Gasteiger partial charge is 0.292 e. The Balaban J connectivity index is 2.01. The number of benzene rings is 1. The second kappa shape index (κ2) is 6.19. The zero-order valence-corrected chi connectivity index (χ0v) is 11.9. The van der Waals surface area contributed by atoms with Crippen molar-refractivity contribution in [2.45, 2.75) is 12.5 Å². The maximum Gasteiger partial charge on any atom is 0.292 e. The third kappa shape index (κ3) is 4.23. The molecule has 0 aromatic heterocycles. The van der Waals surface area contributed by atoms with Crippen LogP contribution in [-0.2, 0) is 14.6 Å². The summed E-state index contributed by atoms with van der Waals surface area (Å²) in [6, 6.07) is 5.33. The molecule has 2 N–H and O–H groups in total. The molecule has 8 nitrogen and oxygen atoms in total. The number of carbonyl (C=O) groups is 1. The van der Waals surface area contributed by atoms with Crippen LogP contribution in [-0.4, -0.2) is 43.3 Å². The summed E-state index contributed by atoms with van der Waals surface area (Å²) < 4.78 is 23.0. The first-order valence-electron chi connectivity index (χ1n) is 6.34. The summed E-state index contributed by atoms with van der Waals surface area (Å²) in [7, 11) is -3.12. The minimum Gasteiger partial charge on any atom is -0.320 e. The number of nitro benzene ring substituents is 1. The number of rotatable bonds is 4. The minimum atomic E-state index is -3.12. The van der Waals surface area contributed by atoms with Crippen LogP contribution in [0.5, 0.6) is 0 Å². The number of anilines is 1. The van der Waals surface area contributed by atoms with E-state index in [1.54, 1.807) is 6.07 Å². The molecule has 1 aromatic carbocycles. The highest BCUT2D eigenvalue weighted by atomic mass is 32.2. The molecule has 1 aliphatic rings. The van der Waals surface area contributed by atoms with Crippen LogP contribution < -0.4 is 10.6 Å². The Kier molecular flexibility index (Phi) is 4.53. The van der Waals surface area contributed by atoms with Gasteiger partial charge in [0, 0.05) is 25.1 Å². The van der Waals surface area contributed by atoms with Crippen molar-refractivity contribution in [3.63, 3.8) is 0 Å². The molecule has 0 aliphatic carbocycles. The summed E-state index contributed by atoms with van der Waals surface area (Å²) in [4.78, 5) is 22.2. The van der Waals surface area contributed by atoms with Crippen LogP contribution in [0.3, 0.4) is 0 Å². The van der Waals surface area contributed by atoms with Gasteiger partial charge in [0.2, 0.25) is 5.91 Å². The number of hydrogen-bond donors (Lipinski definition) is 2. The molecule has 1 amide bonds. The Hall–Kier alpha value is -2.00. The first-order valence-corrected chi connectivity index (χ1v) is 8.16. The number of nitrogens with zero attached hydrogens (tertiary/aromatic N) is 1. The van der Waals surface area contributed by atoms with Gasteiger partial charge >= 0.3 is 0 Å². The standard InChI is InChI=1S/C12H15N3O5S/c16-12(7-9-8-21(19,20)6-5-13-9)14-10-3-1-2-4-11(10)15(17)18/h1-4,9,13H,5-8H2,(H,14,16). The van der Waals surface area contributed by atoms with E-state index in [0.29, 0.717) is 6.54 Å². The summed E-state index contributed by atoms with van der Waals surface area (Å²) >= 11 is 0. The van der Waals surface area contributed by atoms with Gasteiger partial charge in [-0.3, -0.25) is 14.9 Å². The number of hydrogen-bond acceptors (Lipinski definition) is 6. The second-order valence-electron chi connectivity index (χ2n) is 4.79. The van der Waals surface area contributed by atoms with Crippen molar-refractivity contribution in [1.82, 2.24) is 5.32 Å². The summed E-state index contributed by atoms with van der Waals surface area (Å²) in [6.45, 7) is 0.311. The maximum atomic E-state index is 11.9. The molecular formula is C12H15N3O5S. The van der Waals surface area contributed by atoms with Gasteiger partial charge in [0.25, 0.3) is 5.69 Å². The fourth-order valence-electron chi connectivity index (χ4n) is 2.16. The molecule has 2 rings (SSSR count). The van der Waals surface area contributed by atoms with Gasteiger partial charge in [-0.05, 0) is 6.07 Å². The van der Waals surface area contributed by atoms with Gasteiger partial charge in [-0.25, -0.2) is 8.42 Å². The fraction of sp³-hybridized carbons (Fsp3) is 0.417. The van der Waals surface area contributed by atoms with Crippen molar-refractivity contribution in [2.75, 3.05) is 23.4 Å². The van der Waals surface area contributed by atoms with Crippen LogP contribution in [0.15, 0.2) is 24.3 Å². The van der Waals surface area contributed by atoms with E-state index in [4.69, 9.17) is 0 Å². The van der Waals surface area contributed by atoms with E-state index in [0.717, 1.165) is 0 Å². The number of nitrogens with one attached hydrogen (secondary N) is 2. The molecule has 1 unspecified atom stereocenters. The van der Waals surface area contributed by atoms with Crippen molar-refractivity contribution in [2.24, 2.45) is 0 Å². The summed E-state index contributed by atoms with van der Waals surface area (Å²) in [5, 5.41) is 16.2. The van der Waals surface area contributed by atoms with Crippen molar-refractivity contribution in [1.29, 1.82) is 0 Å². The number of nitro groups is 1. The monoisotopic (exact) mass is 313 g/mol. The number of para-hydroxylation sites is 2. The van der Waals surface area contributed by atoms with E-state index in [2.05, 4.69) is 10.6 Å². The lowest BCUT2D eigenvalue weighted by molar-refractivity contribution is -0.383. The highest BCUT2D eigenvalue weighted by Crippen LogP contribution is 2.23. The number of sulfone groups is 1. The highest BCUT2D eigenvalue weighted by molar-refractivity contribution is 7.91. The number of amides is 1. The van der Waals surface area contributed by atoms with Crippen LogP contribution >= 0.6 is 0 Å². The third-order valence-corrected chi connectivity index (χ3v) is 4.84. The van der Waals surface area contributed by atoms with Gasteiger partial charge in [-0.15, -0.1) is 0 Å². The topological polar surface area (TPSA) is 118 Å². The van der Waals surface area contributed by atoms with Gasteiger partial charge in [-0.2, -0.15) is 0 Å². The predicted molar refractivity (Wildman–Crippen MR) is 76.8 cm³/mol. The normalized spacial score (nSPS) is 20.7. The first-order chi connectivity index (χ1) is 9.87. The van der Waals surface area contributed by atoms with Gasteiger partial charge in [0.15, 0.2) is 9.84 Å². The predicted octanol–water partition coefficient (Wildman–Crippen LogP) is 0.310. The second-order valence-corrected chi connectivity index (χ2v) is 7.02. The van der Waals surface area contributed by atoms with Crippen molar-refractivity contribution in [3.8, 4) is 0 Å². The van der Waals surface area contributed by atoms with E-state index >= 15 is 0 Å². The molecule has 21 heavy (non-hydrogen) atoms. The van der Waals surface area contributed by atoms with E-state index in [1.807, 2.05) is 0 Å². The molecule has 0 saturated carbocycles. The molecule has 0 bridgehead atoms. The fourth-order valence-corrected chi connectivity index (χ4v) is 3.61. The molecule has 1 aromatic rings. The largest absolute Gasteiger partial charge is 0.320 e. The molecule has 9 heteroatoms. The summed E-state index contributed by atoms with van der Waals surface area (Å²) in [5.41, 5.74) is -0.0961. The molecule has 0 spiro atoms. The molecule has 1 heterocycles. The Morgan fingerprint density at radius 1 is 1.43 bits per heavy atom. The summed E-state index contributed by atoms with van der Waals surface area (Å²) in [6.07, 6.45) is -0.0503. The van der Waals surface area contributed by atoms with Crippen LogP contribution in [0, 0.1) is 10.1 Å². The van der Waals surface area contributed by atoms with Crippen LogP contribution in [0.1, 0.15) is 6.42 Å². The molecule has 0 radical (unpaired) electrons. The van der Waals surface area contributed by atoms with E-state index < -0.39 is 26.7 Å². The van der Waals surface area contributed by atoms with Crippen LogP contribution in [0.2, 0.25) is 0 Å². The lowest BCUT2D eigenvalue weighted by Gasteiger charge is -2.23. The molecular weight excluding hydrogens is 298 g/mol.